The van der Waals surface area contributed by atoms with Crippen LogP contribution in [0.25, 0.3) is 10.9 Å². The number of nitrogens with one attached hydrogen (secondary N) is 1. The second kappa shape index (κ2) is 8.54. The summed E-state index contributed by atoms with van der Waals surface area (Å²) < 4.78 is 6.54. The Morgan fingerprint density at radius 2 is 2.17 bits per heavy atom. The van der Waals surface area contributed by atoms with Gasteiger partial charge < -0.3 is 4.74 Å². The third-order valence-electron chi connectivity index (χ3n) is 3.97. The van der Waals surface area contributed by atoms with E-state index in [1.54, 1.807) is 23.7 Å². The van der Waals surface area contributed by atoms with Gasteiger partial charge in [0.05, 0.1) is 16.6 Å². The first-order valence-corrected chi connectivity index (χ1v) is 9.82. The molecule has 0 unspecified atom stereocenters. The average Bonchev–Trinajstić information content (AvgIpc) is 3.06. The van der Waals surface area contributed by atoms with Crippen LogP contribution in [-0.4, -0.2) is 33.2 Å². The molecule has 150 valence electrons. The van der Waals surface area contributed by atoms with Crippen molar-refractivity contribution in [2.75, 3.05) is 11.9 Å². The first-order chi connectivity index (χ1) is 13.8. The maximum atomic E-state index is 12.8. The van der Waals surface area contributed by atoms with Crippen LogP contribution in [0.1, 0.15) is 32.8 Å². The molecule has 0 aliphatic rings. The smallest absolute Gasteiger partial charge is 0.350 e. The van der Waals surface area contributed by atoms with Crippen molar-refractivity contribution in [3.63, 3.8) is 0 Å². The van der Waals surface area contributed by atoms with E-state index in [0.717, 1.165) is 11.3 Å². The topological polar surface area (TPSA) is 103 Å². The molecule has 0 atom stereocenters. The van der Waals surface area contributed by atoms with E-state index in [-0.39, 0.29) is 22.3 Å². The third kappa shape index (κ3) is 4.20. The number of carbonyl (C=O) groups is 2. The number of nitrogens with zero attached hydrogens (tertiary/aromatic N) is 3. The number of amides is 1. The summed E-state index contributed by atoms with van der Waals surface area (Å²) in [5, 5.41) is 7.54. The Morgan fingerprint density at radius 1 is 1.41 bits per heavy atom. The highest BCUT2D eigenvalue weighted by molar-refractivity contribution is 7.17. The lowest BCUT2D eigenvalue weighted by atomic mass is 10.2. The summed E-state index contributed by atoms with van der Waals surface area (Å²) in [5.74, 6) is -1.29. The summed E-state index contributed by atoms with van der Waals surface area (Å²) in [5.41, 5.74) is 0.160. The van der Waals surface area contributed by atoms with E-state index in [1.165, 1.54) is 12.1 Å². The molecule has 0 bridgehead atoms. The minimum atomic E-state index is -0.723. The first kappa shape index (κ1) is 20.7. The molecule has 0 aliphatic heterocycles. The molecule has 0 saturated carbocycles. The SMILES string of the molecule is C=CCOC(=O)c1sc(NC(=O)c2nn(CC)c3ccc(Cl)cc3c2=O)nc1C. The van der Waals surface area contributed by atoms with Crippen LogP contribution >= 0.6 is 22.9 Å². The van der Waals surface area contributed by atoms with E-state index in [1.807, 2.05) is 6.92 Å². The zero-order valence-electron chi connectivity index (χ0n) is 15.7. The van der Waals surface area contributed by atoms with Gasteiger partial charge in [-0.05, 0) is 32.0 Å². The van der Waals surface area contributed by atoms with Gasteiger partial charge in [0.15, 0.2) is 10.8 Å². The van der Waals surface area contributed by atoms with Crippen molar-refractivity contribution in [2.24, 2.45) is 0 Å². The fourth-order valence-electron chi connectivity index (χ4n) is 2.65. The van der Waals surface area contributed by atoms with Gasteiger partial charge in [-0.1, -0.05) is 35.6 Å². The lowest BCUT2D eigenvalue weighted by Gasteiger charge is -2.10. The molecule has 10 heteroatoms. The van der Waals surface area contributed by atoms with Crippen LogP contribution in [0.4, 0.5) is 5.13 Å². The highest BCUT2D eigenvalue weighted by Gasteiger charge is 2.21. The van der Waals surface area contributed by atoms with Gasteiger partial charge in [-0.2, -0.15) is 5.10 Å². The van der Waals surface area contributed by atoms with Crippen molar-refractivity contribution in [1.29, 1.82) is 0 Å². The Morgan fingerprint density at radius 3 is 2.86 bits per heavy atom. The van der Waals surface area contributed by atoms with Gasteiger partial charge in [0.2, 0.25) is 5.43 Å². The highest BCUT2D eigenvalue weighted by Crippen LogP contribution is 2.24. The van der Waals surface area contributed by atoms with Crippen molar-refractivity contribution in [3.8, 4) is 0 Å². The van der Waals surface area contributed by atoms with Gasteiger partial charge >= 0.3 is 5.97 Å². The maximum Gasteiger partial charge on any atom is 0.350 e. The minimum Gasteiger partial charge on any atom is -0.457 e. The summed E-state index contributed by atoms with van der Waals surface area (Å²) in [6.45, 7) is 7.47. The molecule has 8 nitrogen and oxygen atoms in total. The molecule has 2 heterocycles. The fraction of sp³-hybridized carbons (Fsp3) is 0.211. The summed E-state index contributed by atoms with van der Waals surface area (Å²) >= 11 is 6.96. The number of aromatic nitrogens is 3. The van der Waals surface area contributed by atoms with Gasteiger partial charge in [0.1, 0.15) is 11.5 Å². The molecule has 1 amide bonds. The highest BCUT2D eigenvalue weighted by atomic mass is 35.5. The normalized spacial score (nSPS) is 10.7. The number of halogens is 1. The molecular weight excluding hydrogens is 416 g/mol. The summed E-state index contributed by atoms with van der Waals surface area (Å²) in [7, 11) is 0. The molecule has 3 rings (SSSR count). The second-order valence-electron chi connectivity index (χ2n) is 5.93. The van der Waals surface area contributed by atoms with Crippen LogP contribution in [-0.2, 0) is 11.3 Å². The number of anilines is 1. The number of carbonyl (C=O) groups excluding carboxylic acids is 2. The van der Waals surface area contributed by atoms with E-state index in [2.05, 4.69) is 22.0 Å². The Labute approximate surface area is 174 Å². The lowest BCUT2D eigenvalue weighted by Crippen LogP contribution is -2.27. The lowest BCUT2D eigenvalue weighted by molar-refractivity contribution is 0.0554. The number of ether oxygens (including phenoxy) is 1. The molecule has 0 radical (unpaired) electrons. The Balaban J connectivity index is 1.95. The minimum absolute atomic E-state index is 0.0675. The summed E-state index contributed by atoms with van der Waals surface area (Å²) in [6.07, 6.45) is 1.45. The van der Waals surface area contributed by atoms with Crippen molar-refractivity contribution in [1.82, 2.24) is 14.8 Å². The van der Waals surface area contributed by atoms with E-state index in [9.17, 15) is 14.4 Å². The van der Waals surface area contributed by atoms with Gasteiger partial charge in [-0.15, -0.1) is 0 Å². The van der Waals surface area contributed by atoms with Gasteiger partial charge in [-0.3, -0.25) is 19.6 Å². The van der Waals surface area contributed by atoms with E-state index in [4.69, 9.17) is 16.3 Å². The Kier molecular flexibility index (Phi) is 6.09. The molecule has 0 saturated heterocycles. The molecule has 2 aromatic heterocycles. The number of fused-ring (bicyclic) bond motifs is 1. The van der Waals surface area contributed by atoms with Crippen LogP contribution < -0.4 is 10.7 Å². The zero-order chi connectivity index (χ0) is 21.1. The van der Waals surface area contributed by atoms with Crippen molar-refractivity contribution < 1.29 is 14.3 Å². The van der Waals surface area contributed by atoms with Gasteiger partial charge in [0, 0.05) is 11.6 Å². The zero-order valence-corrected chi connectivity index (χ0v) is 17.3. The maximum absolute atomic E-state index is 12.8. The number of hydrogen-bond acceptors (Lipinski definition) is 7. The van der Waals surface area contributed by atoms with Crippen molar-refractivity contribution in [3.05, 3.63) is 62.4 Å². The third-order valence-corrected chi connectivity index (χ3v) is 5.25. The number of thiazole rings is 1. The van der Waals surface area contributed by atoms with E-state index >= 15 is 0 Å². The van der Waals surface area contributed by atoms with Crippen molar-refractivity contribution in [2.45, 2.75) is 20.4 Å². The monoisotopic (exact) mass is 432 g/mol. The standard InChI is InChI=1S/C19H17ClN4O4S/c1-4-8-28-18(27)16-10(3)21-19(29-16)22-17(26)14-15(25)12-9-11(20)6-7-13(12)24(5-2)23-14/h4,6-7,9H,1,5,8H2,2-3H3,(H,21,22,26). The average molecular weight is 433 g/mol. The number of hydrogen-bond donors (Lipinski definition) is 1. The van der Waals surface area contributed by atoms with E-state index < -0.39 is 17.3 Å². The molecular formula is C19H17ClN4O4S. The van der Waals surface area contributed by atoms with Crippen LogP contribution in [0.3, 0.4) is 0 Å². The van der Waals surface area contributed by atoms with Gasteiger partial charge in [-0.25, -0.2) is 9.78 Å². The molecule has 0 fully saturated rings. The van der Waals surface area contributed by atoms with Crippen LogP contribution in [0, 0.1) is 6.92 Å². The number of esters is 1. The predicted octanol–water partition coefficient (Wildman–Crippen LogP) is 3.43. The van der Waals surface area contributed by atoms with Gasteiger partial charge in [0.25, 0.3) is 5.91 Å². The Hall–Kier alpha value is -3.04. The molecule has 0 aliphatic carbocycles. The number of benzene rings is 1. The number of aryl methyl sites for hydroxylation is 2. The van der Waals surface area contributed by atoms with Crippen LogP contribution in [0.5, 0.6) is 0 Å². The predicted molar refractivity (Wildman–Crippen MR) is 112 cm³/mol. The summed E-state index contributed by atoms with van der Waals surface area (Å²) in [4.78, 5) is 41.9. The number of rotatable bonds is 6. The summed E-state index contributed by atoms with van der Waals surface area (Å²) in [6, 6.07) is 4.84. The van der Waals surface area contributed by atoms with Crippen LogP contribution in [0.2, 0.25) is 5.02 Å². The molecule has 29 heavy (non-hydrogen) atoms. The Bertz CT molecular complexity index is 1180. The molecule has 1 aromatic carbocycles. The quantitative estimate of drug-likeness (QED) is 0.472. The van der Waals surface area contributed by atoms with Crippen molar-refractivity contribution >= 4 is 50.8 Å². The second-order valence-corrected chi connectivity index (χ2v) is 7.37. The molecule has 0 spiro atoms. The molecule has 1 N–H and O–H groups in total. The molecule has 3 aromatic rings. The fourth-order valence-corrected chi connectivity index (χ4v) is 3.68. The first-order valence-electron chi connectivity index (χ1n) is 8.62. The largest absolute Gasteiger partial charge is 0.457 e. The van der Waals surface area contributed by atoms with Crippen LogP contribution in [0.15, 0.2) is 35.6 Å². The van der Waals surface area contributed by atoms with E-state index in [0.29, 0.717) is 28.2 Å².